The Balaban J connectivity index is 1.93. The van der Waals surface area contributed by atoms with Gasteiger partial charge in [0.25, 0.3) is 0 Å². The van der Waals surface area contributed by atoms with Crippen LogP contribution in [0.25, 0.3) is 32.8 Å². The van der Waals surface area contributed by atoms with Crippen LogP contribution >= 0.6 is 0 Å². The molecule has 1 saturated heterocycles. The van der Waals surface area contributed by atoms with E-state index < -0.39 is 0 Å². The van der Waals surface area contributed by atoms with Crippen molar-refractivity contribution in [2.75, 3.05) is 31.1 Å². The zero-order valence-corrected chi connectivity index (χ0v) is 12.8. The molecule has 2 aromatic heterocycles. The molecule has 0 aliphatic carbocycles. The van der Waals surface area contributed by atoms with Gasteiger partial charge in [0.2, 0.25) is 0 Å². The minimum Gasteiger partial charge on any atom is -0.367 e. The molecule has 0 saturated carbocycles. The van der Waals surface area contributed by atoms with Crippen molar-refractivity contribution in [2.24, 2.45) is 0 Å². The number of H-pyrrole nitrogens is 1. The van der Waals surface area contributed by atoms with Crippen LogP contribution in [0.1, 0.15) is 0 Å². The molecule has 5 rings (SSSR count). The van der Waals surface area contributed by atoms with E-state index in [1.807, 2.05) is 0 Å². The second-order valence-corrected chi connectivity index (χ2v) is 6.11. The molecule has 0 radical (unpaired) electrons. The van der Waals surface area contributed by atoms with Crippen LogP contribution < -0.4 is 10.2 Å². The Bertz CT molecular complexity index is 1010. The lowest BCUT2D eigenvalue weighted by atomic mass is 10.1. The highest BCUT2D eigenvalue weighted by molar-refractivity contribution is 6.15. The number of piperazine rings is 1. The van der Waals surface area contributed by atoms with E-state index in [1.54, 1.807) is 0 Å². The van der Waals surface area contributed by atoms with Gasteiger partial charge in [0, 0.05) is 42.5 Å². The molecule has 4 aromatic rings. The first-order valence-corrected chi connectivity index (χ1v) is 8.17. The van der Waals surface area contributed by atoms with Crippen LogP contribution in [0, 0.1) is 0 Å². The van der Waals surface area contributed by atoms with Crippen molar-refractivity contribution >= 4 is 38.5 Å². The first-order chi connectivity index (χ1) is 11.4. The van der Waals surface area contributed by atoms with Gasteiger partial charge in [-0.15, -0.1) is 0 Å². The predicted octanol–water partition coefficient (Wildman–Crippen LogP) is 3.28. The first kappa shape index (κ1) is 12.9. The lowest BCUT2D eigenvalue weighted by Gasteiger charge is -2.30. The van der Waals surface area contributed by atoms with E-state index in [9.17, 15) is 0 Å². The fourth-order valence-electron chi connectivity index (χ4n) is 3.66. The molecule has 114 valence electrons. The molecule has 4 heteroatoms. The fourth-order valence-corrected chi connectivity index (χ4v) is 3.66. The second-order valence-electron chi connectivity index (χ2n) is 6.11. The van der Waals surface area contributed by atoms with Gasteiger partial charge in [-0.2, -0.15) is 0 Å². The normalized spacial score (nSPS) is 15.7. The van der Waals surface area contributed by atoms with Crippen molar-refractivity contribution in [1.29, 1.82) is 0 Å². The summed E-state index contributed by atoms with van der Waals surface area (Å²) < 4.78 is 0. The number of aromatic nitrogens is 2. The highest BCUT2D eigenvalue weighted by atomic mass is 15.2. The van der Waals surface area contributed by atoms with Crippen molar-refractivity contribution < 1.29 is 0 Å². The summed E-state index contributed by atoms with van der Waals surface area (Å²) in [6, 6.07) is 16.9. The molecular weight excluding hydrogens is 284 g/mol. The van der Waals surface area contributed by atoms with Gasteiger partial charge < -0.3 is 15.2 Å². The number of para-hydroxylation sites is 2. The number of hydrogen-bond donors (Lipinski definition) is 2. The van der Waals surface area contributed by atoms with Gasteiger partial charge in [-0.3, -0.25) is 0 Å². The number of anilines is 1. The zero-order chi connectivity index (χ0) is 15.2. The number of rotatable bonds is 1. The third-order valence-corrected chi connectivity index (χ3v) is 4.74. The second kappa shape index (κ2) is 4.96. The number of benzene rings is 2. The van der Waals surface area contributed by atoms with Crippen LogP contribution in [0.2, 0.25) is 0 Å². The molecular formula is C19H18N4. The van der Waals surface area contributed by atoms with Gasteiger partial charge in [0.1, 0.15) is 0 Å². The molecule has 3 heterocycles. The molecule has 0 spiro atoms. The molecule has 2 aromatic carbocycles. The van der Waals surface area contributed by atoms with E-state index in [0.29, 0.717) is 0 Å². The van der Waals surface area contributed by atoms with Crippen LogP contribution in [-0.4, -0.2) is 36.1 Å². The third-order valence-electron chi connectivity index (χ3n) is 4.74. The summed E-state index contributed by atoms with van der Waals surface area (Å²) in [5.74, 6) is 0. The summed E-state index contributed by atoms with van der Waals surface area (Å²) in [5, 5.41) is 5.87. The Morgan fingerprint density at radius 1 is 0.870 bits per heavy atom. The topological polar surface area (TPSA) is 44.0 Å². The van der Waals surface area contributed by atoms with Gasteiger partial charge in [0.15, 0.2) is 0 Å². The van der Waals surface area contributed by atoms with Crippen molar-refractivity contribution in [2.45, 2.75) is 0 Å². The van der Waals surface area contributed by atoms with Gasteiger partial charge >= 0.3 is 0 Å². The molecule has 0 amide bonds. The van der Waals surface area contributed by atoms with Crippen LogP contribution in [-0.2, 0) is 0 Å². The molecule has 0 bridgehead atoms. The number of fused-ring (bicyclic) bond motifs is 4. The van der Waals surface area contributed by atoms with Gasteiger partial charge in [-0.25, -0.2) is 4.98 Å². The van der Waals surface area contributed by atoms with Crippen molar-refractivity contribution in [3.05, 3.63) is 48.5 Å². The maximum atomic E-state index is 4.95. The summed E-state index contributed by atoms with van der Waals surface area (Å²) in [7, 11) is 0. The standard InChI is InChI=1S/C19H18N4/c1-3-7-15-13(5-1)17-18(22-15)19(23-11-9-20-10-12-23)14-6-2-4-8-16(14)21-17/h1-8,20,22H,9-12H2. The maximum Gasteiger partial charge on any atom is 0.0986 e. The third kappa shape index (κ3) is 1.92. The minimum absolute atomic E-state index is 1.03. The van der Waals surface area contributed by atoms with Crippen LogP contribution in [0.3, 0.4) is 0 Å². The molecule has 1 fully saturated rings. The highest BCUT2D eigenvalue weighted by Gasteiger charge is 2.19. The Kier molecular flexibility index (Phi) is 2.78. The number of hydrogen-bond acceptors (Lipinski definition) is 3. The summed E-state index contributed by atoms with van der Waals surface area (Å²) in [6.07, 6.45) is 0. The van der Waals surface area contributed by atoms with Crippen LogP contribution in [0.4, 0.5) is 5.69 Å². The molecule has 1 aliphatic heterocycles. The largest absolute Gasteiger partial charge is 0.367 e. The Hall–Kier alpha value is -2.59. The number of pyridine rings is 1. The summed E-state index contributed by atoms with van der Waals surface area (Å²) in [5.41, 5.74) is 5.75. The average Bonchev–Trinajstić information content (AvgIpc) is 2.98. The maximum absolute atomic E-state index is 4.95. The molecule has 2 N–H and O–H groups in total. The zero-order valence-electron chi connectivity index (χ0n) is 12.8. The SMILES string of the molecule is c1ccc2c(N3CCNCC3)c3[nH]c4ccccc4c3nc2c1. The van der Waals surface area contributed by atoms with Crippen LogP contribution in [0.5, 0.6) is 0 Å². The molecule has 0 unspecified atom stereocenters. The lowest BCUT2D eigenvalue weighted by Crippen LogP contribution is -2.43. The van der Waals surface area contributed by atoms with Crippen molar-refractivity contribution in [3.8, 4) is 0 Å². The number of aromatic amines is 1. The smallest absolute Gasteiger partial charge is 0.0986 e. The number of nitrogens with one attached hydrogen (secondary N) is 2. The van der Waals surface area contributed by atoms with Gasteiger partial charge in [-0.05, 0) is 12.1 Å². The van der Waals surface area contributed by atoms with Gasteiger partial charge in [-0.1, -0.05) is 36.4 Å². The molecule has 0 atom stereocenters. The Morgan fingerprint density at radius 3 is 2.48 bits per heavy atom. The molecule has 23 heavy (non-hydrogen) atoms. The van der Waals surface area contributed by atoms with Crippen molar-refractivity contribution in [1.82, 2.24) is 15.3 Å². The predicted molar refractivity (Wildman–Crippen MR) is 96.2 cm³/mol. The minimum atomic E-state index is 1.03. The summed E-state index contributed by atoms with van der Waals surface area (Å²) in [6.45, 7) is 4.10. The van der Waals surface area contributed by atoms with Gasteiger partial charge in [0.05, 0.1) is 22.2 Å². The number of nitrogens with zero attached hydrogens (tertiary/aromatic N) is 2. The van der Waals surface area contributed by atoms with E-state index in [-0.39, 0.29) is 0 Å². The van der Waals surface area contributed by atoms with E-state index in [0.717, 1.165) is 48.2 Å². The summed E-state index contributed by atoms with van der Waals surface area (Å²) in [4.78, 5) is 11.0. The van der Waals surface area contributed by atoms with Crippen LogP contribution in [0.15, 0.2) is 48.5 Å². The summed E-state index contributed by atoms with van der Waals surface area (Å²) >= 11 is 0. The van der Waals surface area contributed by atoms with Crippen molar-refractivity contribution in [3.63, 3.8) is 0 Å². The van der Waals surface area contributed by atoms with E-state index in [1.165, 1.54) is 16.5 Å². The first-order valence-electron chi connectivity index (χ1n) is 8.17. The fraction of sp³-hybridized carbons (Fsp3) is 0.211. The quantitative estimate of drug-likeness (QED) is 0.567. The van der Waals surface area contributed by atoms with E-state index in [4.69, 9.17) is 4.98 Å². The highest BCUT2D eigenvalue weighted by Crippen LogP contribution is 2.36. The Morgan fingerprint density at radius 2 is 1.61 bits per heavy atom. The molecule has 1 aliphatic rings. The molecule has 4 nitrogen and oxygen atoms in total. The Labute approximate surface area is 134 Å². The monoisotopic (exact) mass is 302 g/mol. The average molecular weight is 302 g/mol. The van der Waals surface area contributed by atoms with E-state index in [2.05, 4.69) is 63.7 Å². The van der Waals surface area contributed by atoms with E-state index >= 15 is 0 Å². The lowest BCUT2D eigenvalue weighted by molar-refractivity contribution is 0.591.